The maximum absolute atomic E-state index is 6.50. The smallest absolute Gasteiger partial charge is 0.369 e. The van der Waals surface area contributed by atoms with Crippen molar-refractivity contribution in [3.8, 4) is 0 Å². The van der Waals surface area contributed by atoms with Crippen molar-refractivity contribution in [3.63, 3.8) is 0 Å². The van der Waals surface area contributed by atoms with Crippen molar-refractivity contribution in [2.75, 3.05) is 39.3 Å². The summed E-state index contributed by atoms with van der Waals surface area (Å²) >= 11 is 0. The van der Waals surface area contributed by atoms with Crippen molar-refractivity contribution >= 4 is 17.6 Å². The second-order valence-electron chi connectivity index (χ2n) is 11.3. The van der Waals surface area contributed by atoms with Crippen LogP contribution >= 0.6 is 0 Å². The van der Waals surface area contributed by atoms with E-state index in [1.165, 1.54) is 0 Å². The second kappa shape index (κ2) is 11.7. The van der Waals surface area contributed by atoms with Gasteiger partial charge >= 0.3 is 17.6 Å². The molecule has 0 aliphatic carbocycles. The van der Waals surface area contributed by atoms with Gasteiger partial charge in [0.1, 0.15) is 0 Å². The lowest BCUT2D eigenvalue weighted by atomic mass is 10.2. The van der Waals surface area contributed by atoms with Crippen LogP contribution in [0.5, 0.6) is 0 Å². The Morgan fingerprint density at radius 3 is 0.912 bits per heavy atom. The molecular weight excluding hydrogens is 468 g/mol. The second-order valence-corrected chi connectivity index (χ2v) is 16.4. The van der Waals surface area contributed by atoms with Gasteiger partial charge in [-0.25, -0.2) is 0 Å². The minimum atomic E-state index is -2.67. The van der Waals surface area contributed by atoms with Crippen LogP contribution in [0, 0.1) is 0 Å². The van der Waals surface area contributed by atoms with Gasteiger partial charge in [0.15, 0.2) is 0 Å². The van der Waals surface area contributed by atoms with Crippen LogP contribution in [0.3, 0.4) is 0 Å². The Kier molecular flexibility index (Phi) is 9.31. The van der Waals surface area contributed by atoms with Gasteiger partial charge in [-0.05, 0) is 54.4 Å². The molecule has 6 aliphatic heterocycles. The van der Waals surface area contributed by atoms with Gasteiger partial charge in [-0.15, -0.1) is 0 Å². The van der Waals surface area contributed by atoms with Crippen molar-refractivity contribution in [1.82, 2.24) is 9.80 Å². The highest BCUT2D eigenvalue weighted by atomic mass is 28.4. The van der Waals surface area contributed by atoms with Crippen molar-refractivity contribution in [3.05, 3.63) is 0 Å². The van der Waals surface area contributed by atoms with E-state index in [1.54, 1.807) is 0 Å². The molecule has 0 amide bonds. The predicted molar refractivity (Wildman–Crippen MR) is 136 cm³/mol. The molecule has 6 fully saturated rings. The fraction of sp³-hybridized carbons (Fsp3) is 1.00. The molecule has 0 aromatic heterocycles. The molecular formula is C24H48N2O6Si2. The highest BCUT2D eigenvalue weighted by Crippen LogP contribution is 2.32. The van der Waals surface area contributed by atoms with Gasteiger partial charge in [0, 0.05) is 51.4 Å². The summed E-state index contributed by atoms with van der Waals surface area (Å²) in [5.41, 5.74) is 0. The van der Waals surface area contributed by atoms with Gasteiger partial charge in [0.2, 0.25) is 0 Å². The van der Waals surface area contributed by atoms with Crippen molar-refractivity contribution < 1.29 is 26.6 Å². The van der Waals surface area contributed by atoms with Gasteiger partial charge in [0.05, 0.1) is 36.6 Å². The summed E-state index contributed by atoms with van der Waals surface area (Å²) in [4.78, 5) is 4.83. The van der Waals surface area contributed by atoms with E-state index in [0.29, 0.717) is 0 Å². The summed E-state index contributed by atoms with van der Waals surface area (Å²) < 4.78 is 39.0. The summed E-state index contributed by atoms with van der Waals surface area (Å²) in [6.07, 6.45) is 5.34. The molecule has 0 aromatic rings. The molecule has 6 aliphatic rings. The topological polar surface area (TPSA) is 61.9 Å². The molecule has 6 atom stereocenters. The van der Waals surface area contributed by atoms with Crippen LogP contribution in [0.25, 0.3) is 0 Å². The quantitative estimate of drug-likeness (QED) is 0.376. The first kappa shape index (κ1) is 27.2. The molecule has 34 heavy (non-hydrogen) atoms. The largest absolute Gasteiger partial charge is 0.501 e. The predicted octanol–water partition coefficient (Wildman–Crippen LogP) is 3.51. The Balaban J connectivity index is 1.28. The number of nitrogens with zero attached hydrogens (tertiary/aromatic N) is 2. The van der Waals surface area contributed by atoms with Gasteiger partial charge in [0.25, 0.3) is 0 Å². The van der Waals surface area contributed by atoms with Crippen LogP contribution in [0.4, 0.5) is 0 Å². The van der Waals surface area contributed by atoms with Crippen LogP contribution in [-0.2, 0) is 26.6 Å². The lowest BCUT2D eigenvalue weighted by Gasteiger charge is -2.45. The third kappa shape index (κ3) is 7.33. The molecule has 0 saturated carbocycles. The van der Waals surface area contributed by atoms with Gasteiger partial charge in [-0.2, -0.15) is 0 Å². The number of unbranched alkanes of at least 4 members (excludes halogenated alkanes) is 3. The number of rotatable bonds is 7. The molecule has 0 N–H and O–H groups in total. The van der Waals surface area contributed by atoms with E-state index in [-0.39, 0.29) is 36.6 Å². The van der Waals surface area contributed by atoms with E-state index in [1.807, 2.05) is 0 Å². The highest BCUT2D eigenvalue weighted by Gasteiger charge is 2.50. The molecule has 198 valence electrons. The average Bonchev–Trinajstić information content (AvgIpc) is 2.65. The van der Waals surface area contributed by atoms with E-state index >= 15 is 0 Å². The first-order valence-corrected chi connectivity index (χ1v) is 17.5. The monoisotopic (exact) mass is 516 g/mol. The maximum Gasteiger partial charge on any atom is 0.501 e. The van der Waals surface area contributed by atoms with E-state index in [2.05, 4.69) is 51.3 Å². The van der Waals surface area contributed by atoms with Crippen LogP contribution in [0.1, 0.15) is 67.2 Å². The summed E-state index contributed by atoms with van der Waals surface area (Å²) in [6.45, 7) is 18.7. The first-order chi connectivity index (χ1) is 16.1. The molecule has 8 nitrogen and oxygen atoms in total. The minimum absolute atomic E-state index is 0.156. The zero-order valence-electron chi connectivity index (χ0n) is 22.3. The zero-order valence-corrected chi connectivity index (χ0v) is 24.3. The molecule has 6 unspecified atom stereocenters. The van der Waals surface area contributed by atoms with Crippen LogP contribution < -0.4 is 0 Å². The van der Waals surface area contributed by atoms with Crippen LogP contribution in [-0.4, -0.2) is 103 Å². The third-order valence-electron chi connectivity index (χ3n) is 7.09. The fourth-order valence-electron chi connectivity index (χ4n) is 6.25. The molecule has 4 bridgehead atoms. The number of hydrogen-bond acceptors (Lipinski definition) is 8. The van der Waals surface area contributed by atoms with Gasteiger partial charge in [-0.3, -0.25) is 9.80 Å². The third-order valence-corrected chi connectivity index (χ3v) is 13.6. The van der Waals surface area contributed by atoms with Gasteiger partial charge < -0.3 is 26.6 Å². The Labute approximate surface area is 209 Å². The van der Waals surface area contributed by atoms with E-state index < -0.39 is 17.6 Å². The maximum atomic E-state index is 6.50. The number of hydrogen-bond donors (Lipinski definition) is 0. The lowest BCUT2D eigenvalue weighted by Crippen LogP contribution is -2.61. The molecule has 6 heterocycles. The SMILES string of the molecule is CC1CN2CC(C)O[Si](CCCCCC[Si]34OC(C)CN(CC(C)O3)CC(C)O4)(O1)OC(C)C2. The van der Waals surface area contributed by atoms with E-state index in [9.17, 15) is 0 Å². The van der Waals surface area contributed by atoms with E-state index in [0.717, 1.165) is 77.0 Å². The van der Waals surface area contributed by atoms with Crippen molar-refractivity contribution in [1.29, 1.82) is 0 Å². The van der Waals surface area contributed by atoms with Crippen molar-refractivity contribution in [2.24, 2.45) is 0 Å². The summed E-state index contributed by atoms with van der Waals surface area (Å²) in [5, 5.41) is 0. The molecule has 6 rings (SSSR count). The lowest BCUT2D eigenvalue weighted by molar-refractivity contribution is -0.0803. The minimum Gasteiger partial charge on any atom is -0.369 e. The molecule has 0 spiro atoms. The Morgan fingerprint density at radius 1 is 0.441 bits per heavy atom. The normalized spacial score (nSPS) is 47.8. The Morgan fingerprint density at radius 2 is 0.676 bits per heavy atom. The Hall–Kier alpha value is 0.114. The number of fused-ring (bicyclic) bond motifs is 12. The highest BCUT2D eigenvalue weighted by molar-refractivity contribution is 6.61. The molecule has 10 heteroatoms. The molecule has 0 radical (unpaired) electrons. The molecule has 6 saturated heterocycles. The zero-order chi connectivity index (χ0) is 24.3. The average molecular weight is 517 g/mol. The summed E-state index contributed by atoms with van der Waals surface area (Å²) in [5.74, 6) is 0. The van der Waals surface area contributed by atoms with Crippen molar-refractivity contribution in [2.45, 2.75) is 116 Å². The first-order valence-electron chi connectivity index (χ1n) is 13.7. The fourth-order valence-corrected chi connectivity index (χ4v) is 12.8. The summed E-state index contributed by atoms with van der Waals surface area (Å²) in [7, 11) is -5.34. The molecule has 0 aromatic carbocycles. The van der Waals surface area contributed by atoms with Crippen LogP contribution in [0.2, 0.25) is 12.1 Å². The van der Waals surface area contributed by atoms with Crippen LogP contribution in [0.15, 0.2) is 0 Å². The van der Waals surface area contributed by atoms with Gasteiger partial charge in [-0.1, -0.05) is 12.8 Å². The standard InChI is InChI=1S/C24H48N2O6Si2/c1-19-13-25-14-20(2)28-33(27-19,29-21(3)15-25)11-9-7-8-10-12-34-30-22(4)16-26(17-23(5)31-34)18-24(6)32-34/h19-24H,7-18H2,1-6H3. The van der Waals surface area contributed by atoms with E-state index in [4.69, 9.17) is 26.6 Å². The Bertz CT molecular complexity index is 535. The summed E-state index contributed by atoms with van der Waals surface area (Å²) in [6, 6.07) is 1.80.